The molecule has 0 unspecified atom stereocenters. The fourth-order valence-corrected chi connectivity index (χ4v) is 3.09. The number of amides is 2. The van der Waals surface area contributed by atoms with Crippen molar-refractivity contribution in [3.8, 4) is 11.5 Å². The zero-order chi connectivity index (χ0) is 19.2. The molecule has 1 saturated heterocycles. The average Bonchev–Trinajstić information content (AvgIpc) is 3.13. The van der Waals surface area contributed by atoms with Crippen molar-refractivity contribution in [2.75, 3.05) is 39.4 Å². The van der Waals surface area contributed by atoms with Crippen LogP contribution in [0.5, 0.6) is 11.5 Å². The molecule has 0 saturated carbocycles. The van der Waals surface area contributed by atoms with Crippen LogP contribution in [0.25, 0.3) is 0 Å². The lowest BCUT2D eigenvalue weighted by molar-refractivity contribution is -0.134. The van der Waals surface area contributed by atoms with Crippen molar-refractivity contribution in [2.24, 2.45) is 0 Å². The van der Waals surface area contributed by atoms with Crippen LogP contribution >= 0.6 is 15.9 Å². The lowest BCUT2D eigenvalue weighted by atomic mass is 10.3. The zero-order valence-electron chi connectivity index (χ0n) is 15.0. The molecule has 0 aliphatic carbocycles. The van der Waals surface area contributed by atoms with Crippen LogP contribution in [-0.2, 0) is 4.79 Å². The van der Waals surface area contributed by atoms with Crippen LogP contribution in [0.1, 0.15) is 17.5 Å². The first-order valence-electron chi connectivity index (χ1n) is 8.75. The summed E-state index contributed by atoms with van der Waals surface area (Å²) in [7, 11) is 0. The van der Waals surface area contributed by atoms with Crippen LogP contribution in [0.3, 0.4) is 0 Å². The van der Waals surface area contributed by atoms with Gasteiger partial charge in [-0.1, -0.05) is 0 Å². The molecule has 0 atom stereocenters. The van der Waals surface area contributed by atoms with Gasteiger partial charge in [-0.2, -0.15) is 0 Å². The molecule has 2 heterocycles. The molecule has 0 spiro atoms. The van der Waals surface area contributed by atoms with Crippen LogP contribution in [0, 0.1) is 0 Å². The fraction of sp³-hybridized carbons (Fsp3) is 0.368. The molecule has 1 aromatic heterocycles. The third kappa shape index (κ3) is 5.03. The molecule has 1 aliphatic heterocycles. The van der Waals surface area contributed by atoms with E-state index in [0.717, 1.165) is 5.75 Å². The monoisotopic (exact) mass is 436 g/mol. The Morgan fingerprint density at radius 2 is 1.56 bits per heavy atom. The first-order chi connectivity index (χ1) is 13.1. The molecule has 2 aromatic rings. The van der Waals surface area contributed by atoms with E-state index in [2.05, 4.69) is 15.9 Å². The zero-order valence-corrected chi connectivity index (χ0v) is 16.6. The Hall–Kier alpha value is -2.48. The van der Waals surface area contributed by atoms with Crippen LogP contribution in [0.4, 0.5) is 0 Å². The Morgan fingerprint density at radius 1 is 0.963 bits per heavy atom. The SMILES string of the molecule is CCOc1ccc(OCC(=O)N2CCN(C(=O)c3ccc(Br)o3)CC2)cc1. The molecule has 1 aromatic carbocycles. The van der Waals surface area contributed by atoms with E-state index in [1.54, 1.807) is 46.2 Å². The lowest BCUT2D eigenvalue weighted by Gasteiger charge is -2.34. The standard InChI is InChI=1S/C19H21BrN2O5/c1-2-25-14-3-5-15(6-4-14)26-13-18(23)21-9-11-22(12-10-21)19(24)16-7-8-17(20)27-16/h3-8H,2,9-13H2,1H3. The highest BCUT2D eigenvalue weighted by atomic mass is 79.9. The molecule has 1 aliphatic rings. The van der Waals surface area contributed by atoms with Gasteiger partial charge in [0.25, 0.3) is 11.8 Å². The Bertz CT molecular complexity index is 782. The highest BCUT2D eigenvalue weighted by Gasteiger charge is 2.26. The Balaban J connectivity index is 1.45. The number of rotatable bonds is 6. The van der Waals surface area contributed by atoms with Gasteiger partial charge in [0.1, 0.15) is 11.5 Å². The Kier molecular flexibility index (Phi) is 6.39. The van der Waals surface area contributed by atoms with E-state index in [9.17, 15) is 9.59 Å². The number of nitrogens with zero attached hydrogens (tertiary/aromatic N) is 2. The van der Waals surface area contributed by atoms with Gasteiger partial charge in [-0.3, -0.25) is 9.59 Å². The molecule has 7 nitrogen and oxygen atoms in total. The second kappa shape index (κ2) is 8.94. The summed E-state index contributed by atoms with van der Waals surface area (Å²) in [5.41, 5.74) is 0. The molecular formula is C19H21BrN2O5. The maximum Gasteiger partial charge on any atom is 0.289 e. The molecule has 27 heavy (non-hydrogen) atoms. The number of piperazine rings is 1. The summed E-state index contributed by atoms with van der Waals surface area (Å²) in [5.74, 6) is 1.40. The van der Waals surface area contributed by atoms with Crippen molar-refractivity contribution in [1.82, 2.24) is 9.80 Å². The third-order valence-electron chi connectivity index (χ3n) is 4.20. The summed E-state index contributed by atoms with van der Waals surface area (Å²) in [6.45, 7) is 4.36. The summed E-state index contributed by atoms with van der Waals surface area (Å²) in [6, 6.07) is 10.5. The molecule has 144 valence electrons. The maximum atomic E-state index is 12.3. The summed E-state index contributed by atoms with van der Waals surface area (Å²) >= 11 is 3.19. The van der Waals surface area contributed by atoms with Gasteiger partial charge in [-0.05, 0) is 59.3 Å². The quantitative estimate of drug-likeness (QED) is 0.695. The molecule has 3 rings (SSSR count). The van der Waals surface area contributed by atoms with Gasteiger partial charge in [0.15, 0.2) is 17.0 Å². The van der Waals surface area contributed by atoms with E-state index < -0.39 is 0 Å². The Labute approximate surface area is 165 Å². The minimum atomic E-state index is -0.168. The fourth-order valence-electron chi connectivity index (χ4n) is 2.78. The smallest absolute Gasteiger partial charge is 0.289 e. The summed E-state index contributed by atoms with van der Waals surface area (Å²) < 4.78 is 16.7. The first-order valence-corrected chi connectivity index (χ1v) is 9.54. The molecular weight excluding hydrogens is 416 g/mol. The lowest BCUT2D eigenvalue weighted by Crippen LogP contribution is -2.51. The first kappa shape index (κ1) is 19.3. The predicted octanol–water partition coefficient (Wildman–Crippen LogP) is 2.80. The van der Waals surface area contributed by atoms with Crippen molar-refractivity contribution in [2.45, 2.75) is 6.92 Å². The molecule has 0 N–H and O–H groups in total. The van der Waals surface area contributed by atoms with Crippen molar-refractivity contribution in [1.29, 1.82) is 0 Å². The summed E-state index contributed by atoms with van der Waals surface area (Å²) in [5, 5.41) is 0. The number of hydrogen-bond acceptors (Lipinski definition) is 5. The van der Waals surface area contributed by atoms with Gasteiger partial charge >= 0.3 is 0 Å². The Morgan fingerprint density at radius 3 is 2.11 bits per heavy atom. The molecule has 0 radical (unpaired) electrons. The molecule has 2 amide bonds. The van der Waals surface area contributed by atoms with Gasteiger partial charge in [0.05, 0.1) is 6.61 Å². The molecule has 8 heteroatoms. The maximum absolute atomic E-state index is 12.3. The van der Waals surface area contributed by atoms with Crippen LogP contribution in [-0.4, -0.2) is 61.0 Å². The number of hydrogen-bond donors (Lipinski definition) is 0. The van der Waals surface area contributed by atoms with Crippen molar-refractivity contribution < 1.29 is 23.5 Å². The van der Waals surface area contributed by atoms with E-state index in [0.29, 0.717) is 49.0 Å². The number of furan rings is 1. The number of carbonyl (C=O) groups excluding carboxylic acids is 2. The van der Waals surface area contributed by atoms with Gasteiger partial charge in [0, 0.05) is 26.2 Å². The highest BCUT2D eigenvalue weighted by Crippen LogP contribution is 2.18. The second-order valence-electron chi connectivity index (χ2n) is 5.97. The van der Waals surface area contributed by atoms with Crippen LogP contribution < -0.4 is 9.47 Å². The minimum absolute atomic E-state index is 0.0347. The molecule has 1 fully saturated rings. The van der Waals surface area contributed by atoms with Gasteiger partial charge < -0.3 is 23.7 Å². The summed E-state index contributed by atoms with van der Waals surface area (Å²) in [6.07, 6.45) is 0. The molecule has 0 bridgehead atoms. The third-order valence-corrected chi connectivity index (χ3v) is 4.63. The average molecular weight is 437 g/mol. The minimum Gasteiger partial charge on any atom is -0.494 e. The number of carbonyl (C=O) groups is 2. The number of halogens is 1. The topological polar surface area (TPSA) is 72.2 Å². The summed E-state index contributed by atoms with van der Waals surface area (Å²) in [4.78, 5) is 28.1. The number of ether oxygens (including phenoxy) is 2. The van der Waals surface area contributed by atoms with E-state index >= 15 is 0 Å². The van der Waals surface area contributed by atoms with E-state index in [1.807, 2.05) is 6.92 Å². The van der Waals surface area contributed by atoms with E-state index in [1.165, 1.54) is 0 Å². The predicted molar refractivity (Wildman–Crippen MR) is 102 cm³/mol. The van der Waals surface area contributed by atoms with E-state index in [4.69, 9.17) is 13.9 Å². The van der Waals surface area contributed by atoms with Crippen LogP contribution in [0.2, 0.25) is 0 Å². The van der Waals surface area contributed by atoms with Crippen molar-refractivity contribution in [3.05, 3.63) is 46.8 Å². The van der Waals surface area contributed by atoms with E-state index in [-0.39, 0.29) is 18.4 Å². The normalized spacial score (nSPS) is 14.1. The second-order valence-corrected chi connectivity index (χ2v) is 6.75. The highest BCUT2D eigenvalue weighted by molar-refractivity contribution is 9.10. The van der Waals surface area contributed by atoms with Crippen molar-refractivity contribution >= 4 is 27.7 Å². The van der Waals surface area contributed by atoms with Gasteiger partial charge in [-0.25, -0.2) is 0 Å². The van der Waals surface area contributed by atoms with Gasteiger partial charge in [0.2, 0.25) is 0 Å². The van der Waals surface area contributed by atoms with Gasteiger partial charge in [-0.15, -0.1) is 0 Å². The largest absolute Gasteiger partial charge is 0.494 e. The van der Waals surface area contributed by atoms with Crippen molar-refractivity contribution in [3.63, 3.8) is 0 Å². The van der Waals surface area contributed by atoms with Crippen LogP contribution in [0.15, 0.2) is 45.5 Å². The number of benzene rings is 1.